The Hall–Kier alpha value is -2.74. The predicted molar refractivity (Wildman–Crippen MR) is 89.2 cm³/mol. The van der Waals surface area contributed by atoms with E-state index in [-0.39, 0.29) is 11.5 Å². The number of ether oxygens (including phenoxy) is 2. The number of Topliss-reactive ketones (excluding diaryl/α,β-unsaturated/α-hetero) is 1. The maximum atomic E-state index is 12.4. The first-order chi connectivity index (χ1) is 12.2. The van der Waals surface area contributed by atoms with Crippen LogP contribution in [-0.4, -0.2) is 34.9 Å². The molecule has 0 atom stereocenters. The van der Waals surface area contributed by atoms with Crippen molar-refractivity contribution in [3.63, 3.8) is 0 Å². The van der Waals surface area contributed by atoms with Crippen LogP contribution in [0.25, 0.3) is 11.5 Å². The van der Waals surface area contributed by atoms with Gasteiger partial charge in [-0.25, -0.2) is 0 Å². The van der Waals surface area contributed by atoms with Crippen molar-refractivity contribution in [2.24, 2.45) is 0 Å². The van der Waals surface area contributed by atoms with Gasteiger partial charge in [0.05, 0.1) is 17.6 Å². The van der Waals surface area contributed by atoms with Crippen molar-refractivity contribution in [1.29, 1.82) is 0 Å². The molecule has 1 aromatic carbocycles. The highest BCUT2D eigenvalue weighted by Gasteiger charge is 2.17. The summed E-state index contributed by atoms with van der Waals surface area (Å²) in [4.78, 5) is 12.4. The van der Waals surface area contributed by atoms with E-state index in [1.807, 2.05) is 6.92 Å². The summed E-state index contributed by atoms with van der Waals surface area (Å²) in [7, 11) is 0. The van der Waals surface area contributed by atoms with Crippen LogP contribution < -0.4 is 9.47 Å². The average molecular weight is 358 g/mol. The van der Waals surface area contributed by atoms with E-state index in [9.17, 15) is 4.79 Å². The molecule has 0 saturated carbocycles. The van der Waals surface area contributed by atoms with Crippen LogP contribution in [0.2, 0.25) is 0 Å². The number of hydrogen-bond donors (Lipinski definition) is 0. The predicted octanol–water partition coefficient (Wildman–Crippen LogP) is 3.38. The second-order valence-electron chi connectivity index (χ2n) is 5.33. The molecule has 7 nitrogen and oxygen atoms in total. The summed E-state index contributed by atoms with van der Waals surface area (Å²) >= 11 is 1.19. The molecule has 25 heavy (non-hydrogen) atoms. The summed E-state index contributed by atoms with van der Waals surface area (Å²) in [5.41, 5.74) is 1.31. The van der Waals surface area contributed by atoms with E-state index < -0.39 is 0 Å². The molecule has 0 spiro atoms. The first-order valence-electron chi connectivity index (χ1n) is 7.64. The van der Waals surface area contributed by atoms with Crippen molar-refractivity contribution in [1.82, 2.24) is 10.2 Å². The summed E-state index contributed by atoms with van der Waals surface area (Å²) in [6, 6.07) is 6.94. The highest BCUT2D eigenvalue weighted by Crippen LogP contribution is 2.32. The molecule has 3 aromatic rings. The molecule has 0 aliphatic carbocycles. The monoisotopic (exact) mass is 358 g/mol. The van der Waals surface area contributed by atoms with E-state index in [0.29, 0.717) is 47.1 Å². The number of carbonyl (C=O) groups excluding carboxylic acids is 1. The van der Waals surface area contributed by atoms with Crippen LogP contribution >= 0.6 is 11.8 Å². The van der Waals surface area contributed by atoms with Gasteiger partial charge in [0.2, 0.25) is 0 Å². The van der Waals surface area contributed by atoms with Gasteiger partial charge in [-0.05, 0) is 31.2 Å². The Balaban J connectivity index is 1.42. The zero-order valence-corrected chi connectivity index (χ0v) is 14.2. The lowest BCUT2D eigenvalue weighted by Crippen LogP contribution is -2.16. The van der Waals surface area contributed by atoms with Gasteiger partial charge < -0.3 is 18.3 Å². The number of fused-ring (bicyclic) bond motifs is 1. The van der Waals surface area contributed by atoms with Gasteiger partial charge >= 0.3 is 0 Å². The molecule has 0 bridgehead atoms. The maximum absolute atomic E-state index is 12.4. The molecule has 0 fully saturated rings. The van der Waals surface area contributed by atoms with Crippen molar-refractivity contribution < 1.29 is 23.1 Å². The van der Waals surface area contributed by atoms with E-state index in [1.54, 1.807) is 30.5 Å². The average Bonchev–Trinajstić information content (AvgIpc) is 3.27. The summed E-state index contributed by atoms with van der Waals surface area (Å²) in [6.07, 6.45) is 1.56. The van der Waals surface area contributed by atoms with E-state index in [2.05, 4.69) is 10.2 Å². The summed E-state index contributed by atoms with van der Waals surface area (Å²) in [5, 5.41) is 8.27. The Morgan fingerprint density at radius 2 is 2.00 bits per heavy atom. The van der Waals surface area contributed by atoms with Gasteiger partial charge in [-0.2, -0.15) is 0 Å². The fourth-order valence-electron chi connectivity index (χ4n) is 2.41. The van der Waals surface area contributed by atoms with Gasteiger partial charge in [0.1, 0.15) is 19.0 Å². The SMILES string of the molecule is Cc1occc1-c1nnc(SCC(=O)c2ccc3c(c2)OCCO3)o1. The number of aryl methyl sites for hydroxylation is 1. The van der Waals surface area contributed by atoms with Crippen LogP contribution in [0.1, 0.15) is 16.1 Å². The number of benzene rings is 1. The fraction of sp³-hybridized carbons (Fsp3) is 0.235. The summed E-state index contributed by atoms with van der Waals surface area (Å²) in [6.45, 7) is 2.82. The number of furan rings is 1. The lowest BCUT2D eigenvalue weighted by atomic mass is 10.1. The summed E-state index contributed by atoms with van der Waals surface area (Å²) < 4.78 is 21.7. The molecule has 0 unspecified atom stereocenters. The fourth-order valence-corrected chi connectivity index (χ4v) is 3.07. The second-order valence-corrected chi connectivity index (χ2v) is 6.26. The Morgan fingerprint density at radius 1 is 1.16 bits per heavy atom. The number of rotatable bonds is 5. The van der Waals surface area contributed by atoms with Gasteiger partial charge in [-0.15, -0.1) is 10.2 Å². The molecule has 0 saturated heterocycles. The third-order valence-electron chi connectivity index (χ3n) is 3.69. The van der Waals surface area contributed by atoms with Crippen LogP contribution in [0.4, 0.5) is 0 Å². The standard InChI is InChI=1S/C17H14N2O5S/c1-10-12(4-5-21-10)16-18-19-17(24-16)25-9-13(20)11-2-3-14-15(8-11)23-7-6-22-14/h2-5,8H,6-7,9H2,1H3. The molecule has 1 aliphatic rings. The van der Waals surface area contributed by atoms with Crippen LogP contribution in [-0.2, 0) is 0 Å². The van der Waals surface area contributed by atoms with Gasteiger partial charge in [-0.1, -0.05) is 11.8 Å². The van der Waals surface area contributed by atoms with E-state index >= 15 is 0 Å². The number of carbonyl (C=O) groups is 1. The van der Waals surface area contributed by atoms with Gasteiger partial charge in [-0.3, -0.25) is 4.79 Å². The van der Waals surface area contributed by atoms with E-state index in [1.165, 1.54) is 11.8 Å². The quantitative estimate of drug-likeness (QED) is 0.507. The van der Waals surface area contributed by atoms with Crippen molar-refractivity contribution in [3.05, 3.63) is 41.9 Å². The van der Waals surface area contributed by atoms with Gasteiger partial charge in [0.25, 0.3) is 11.1 Å². The number of ketones is 1. The van der Waals surface area contributed by atoms with Gasteiger partial charge in [0, 0.05) is 5.56 Å². The van der Waals surface area contributed by atoms with Crippen LogP contribution in [0.15, 0.2) is 44.6 Å². The zero-order chi connectivity index (χ0) is 17.2. The molecule has 0 N–H and O–H groups in total. The molecule has 2 aromatic heterocycles. The molecular formula is C17H14N2O5S. The zero-order valence-electron chi connectivity index (χ0n) is 13.4. The smallest absolute Gasteiger partial charge is 0.277 e. The second kappa shape index (κ2) is 6.64. The van der Waals surface area contributed by atoms with E-state index in [4.69, 9.17) is 18.3 Å². The largest absolute Gasteiger partial charge is 0.486 e. The third-order valence-corrected chi connectivity index (χ3v) is 4.51. The molecule has 0 amide bonds. The molecule has 128 valence electrons. The lowest BCUT2D eigenvalue weighted by Gasteiger charge is -2.18. The number of nitrogens with zero attached hydrogens (tertiary/aromatic N) is 2. The molecule has 1 aliphatic heterocycles. The molecule has 4 rings (SSSR count). The van der Waals surface area contributed by atoms with Crippen LogP contribution in [0, 0.1) is 6.92 Å². The Morgan fingerprint density at radius 3 is 2.80 bits per heavy atom. The molecule has 0 radical (unpaired) electrons. The highest BCUT2D eigenvalue weighted by molar-refractivity contribution is 7.99. The van der Waals surface area contributed by atoms with E-state index in [0.717, 1.165) is 5.56 Å². The molecule has 8 heteroatoms. The van der Waals surface area contributed by atoms with Crippen molar-refractivity contribution in [2.45, 2.75) is 12.1 Å². The Bertz CT molecular complexity index is 917. The molecule has 3 heterocycles. The number of hydrogen-bond acceptors (Lipinski definition) is 8. The number of thioether (sulfide) groups is 1. The summed E-state index contributed by atoms with van der Waals surface area (Å²) in [5.74, 6) is 2.46. The minimum atomic E-state index is -0.0544. The van der Waals surface area contributed by atoms with Crippen molar-refractivity contribution in [2.75, 3.05) is 19.0 Å². The minimum Gasteiger partial charge on any atom is -0.486 e. The highest BCUT2D eigenvalue weighted by atomic mass is 32.2. The molecular weight excluding hydrogens is 344 g/mol. The first-order valence-corrected chi connectivity index (χ1v) is 8.63. The lowest BCUT2D eigenvalue weighted by molar-refractivity contribution is 0.102. The number of aromatic nitrogens is 2. The Labute approximate surface area is 147 Å². The Kier molecular flexibility index (Phi) is 4.19. The van der Waals surface area contributed by atoms with Crippen LogP contribution in [0.5, 0.6) is 11.5 Å². The maximum Gasteiger partial charge on any atom is 0.277 e. The third kappa shape index (κ3) is 3.25. The topological polar surface area (TPSA) is 87.6 Å². The minimum absolute atomic E-state index is 0.0544. The normalized spacial score (nSPS) is 13.0. The van der Waals surface area contributed by atoms with Crippen molar-refractivity contribution >= 4 is 17.5 Å². The van der Waals surface area contributed by atoms with Crippen LogP contribution in [0.3, 0.4) is 0 Å². The van der Waals surface area contributed by atoms with Gasteiger partial charge in [0.15, 0.2) is 17.3 Å². The first kappa shape index (κ1) is 15.8. The van der Waals surface area contributed by atoms with Crippen molar-refractivity contribution in [3.8, 4) is 23.0 Å².